The van der Waals surface area contributed by atoms with Crippen LogP contribution in [-0.4, -0.2) is 23.3 Å². The molecule has 2 aromatic rings. The summed E-state index contributed by atoms with van der Waals surface area (Å²) >= 11 is 0. The second-order valence-electron chi connectivity index (χ2n) is 3.96. The second-order valence-corrected chi connectivity index (χ2v) is 3.96. The lowest BCUT2D eigenvalue weighted by Crippen LogP contribution is -1.99. The molecule has 0 radical (unpaired) electrons. The summed E-state index contributed by atoms with van der Waals surface area (Å²) in [5.74, 6) is 0.569. The monoisotopic (exact) mass is 259 g/mol. The minimum Gasteiger partial charge on any atom is -0.408 e. The summed E-state index contributed by atoms with van der Waals surface area (Å²) in [5.41, 5.74) is 1.15. The quantitative estimate of drug-likeness (QED) is 0.582. The third-order valence-corrected chi connectivity index (χ3v) is 2.44. The van der Waals surface area contributed by atoms with Crippen LogP contribution in [0.5, 0.6) is 0 Å². The Morgan fingerprint density at radius 1 is 1.26 bits per heavy atom. The summed E-state index contributed by atoms with van der Waals surface area (Å²) in [7, 11) is 0. The van der Waals surface area contributed by atoms with Gasteiger partial charge in [0.1, 0.15) is 0 Å². The van der Waals surface area contributed by atoms with E-state index >= 15 is 0 Å². The molecule has 1 N–H and O–H groups in total. The molecule has 0 aliphatic rings. The van der Waals surface area contributed by atoms with E-state index in [1.165, 1.54) is 0 Å². The fourth-order valence-electron chi connectivity index (χ4n) is 1.51. The Bertz CT molecular complexity index is 496. The first-order valence-electron chi connectivity index (χ1n) is 6.17. The van der Waals surface area contributed by atoms with E-state index in [1.807, 2.05) is 30.3 Å². The van der Waals surface area contributed by atoms with E-state index in [1.54, 1.807) is 6.08 Å². The molecule has 2 rings (SSSR count). The van der Waals surface area contributed by atoms with Crippen LogP contribution in [0, 0.1) is 0 Å². The predicted octanol–water partition coefficient (Wildman–Crippen LogP) is 2.43. The smallest absolute Gasteiger partial charge is 0.315 e. The van der Waals surface area contributed by atoms with Gasteiger partial charge in [-0.15, -0.1) is 11.7 Å². The Hall–Kier alpha value is -2.14. The maximum atomic E-state index is 5.55. The molecule has 5 heteroatoms. The second kappa shape index (κ2) is 7.33. The Morgan fingerprint density at radius 2 is 2.11 bits per heavy atom. The van der Waals surface area contributed by atoms with Crippen molar-refractivity contribution in [3.63, 3.8) is 0 Å². The first kappa shape index (κ1) is 13.3. The Balaban J connectivity index is 1.68. The summed E-state index contributed by atoms with van der Waals surface area (Å²) < 4.78 is 10.9. The van der Waals surface area contributed by atoms with E-state index in [9.17, 15) is 0 Å². The van der Waals surface area contributed by atoms with Gasteiger partial charge in [0.15, 0.2) is 0 Å². The number of ether oxygens (including phenoxy) is 1. The van der Waals surface area contributed by atoms with Gasteiger partial charge in [0.2, 0.25) is 5.89 Å². The van der Waals surface area contributed by atoms with Gasteiger partial charge in [-0.25, -0.2) is 0 Å². The molecule has 0 saturated carbocycles. The minimum atomic E-state index is 0.415. The highest BCUT2D eigenvalue weighted by Gasteiger charge is 2.04. The maximum absolute atomic E-state index is 5.55. The average molecular weight is 259 g/mol. The topological polar surface area (TPSA) is 60.2 Å². The van der Waals surface area contributed by atoms with Crippen LogP contribution < -0.4 is 5.32 Å². The van der Waals surface area contributed by atoms with Crippen LogP contribution in [0.15, 0.2) is 47.4 Å². The van der Waals surface area contributed by atoms with Gasteiger partial charge in [-0.3, -0.25) is 0 Å². The summed E-state index contributed by atoms with van der Waals surface area (Å²) in [6.07, 6.45) is 2.34. The summed E-state index contributed by atoms with van der Waals surface area (Å²) in [4.78, 5) is 0. The van der Waals surface area contributed by atoms with Gasteiger partial charge in [0.25, 0.3) is 0 Å². The van der Waals surface area contributed by atoms with E-state index in [0.29, 0.717) is 38.1 Å². The van der Waals surface area contributed by atoms with Gasteiger partial charge in [-0.1, -0.05) is 41.5 Å². The van der Waals surface area contributed by atoms with Crippen LogP contribution >= 0.6 is 0 Å². The standard InChI is InChI=1S/C14H17N3O2/c1-2-9-15-14-17-16-13(19-14)8-10-18-11-12-6-4-3-5-7-12/h2-7H,1,8-11H2,(H,15,17). The average Bonchev–Trinajstić information content (AvgIpc) is 2.90. The number of rotatable bonds is 8. The van der Waals surface area contributed by atoms with Crippen molar-refractivity contribution in [2.45, 2.75) is 13.0 Å². The Kier molecular flexibility index (Phi) is 5.13. The molecular weight excluding hydrogens is 242 g/mol. The van der Waals surface area contributed by atoms with Gasteiger partial charge in [0.05, 0.1) is 13.2 Å². The molecule has 1 aromatic carbocycles. The highest BCUT2D eigenvalue weighted by atomic mass is 16.5. The van der Waals surface area contributed by atoms with Crippen molar-refractivity contribution in [3.05, 3.63) is 54.4 Å². The number of nitrogens with zero attached hydrogens (tertiary/aromatic N) is 2. The molecule has 0 spiro atoms. The SMILES string of the molecule is C=CCNc1nnc(CCOCc2ccccc2)o1. The molecular formula is C14H17N3O2. The molecule has 0 atom stereocenters. The van der Waals surface area contributed by atoms with Crippen molar-refractivity contribution >= 4 is 6.01 Å². The number of hydrogen-bond donors (Lipinski definition) is 1. The van der Waals surface area contributed by atoms with Crippen LogP contribution in [0.2, 0.25) is 0 Å². The van der Waals surface area contributed by atoms with Crippen LogP contribution in [-0.2, 0) is 17.8 Å². The molecule has 19 heavy (non-hydrogen) atoms. The lowest BCUT2D eigenvalue weighted by atomic mass is 10.2. The summed E-state index contributed by atoms with van der Waals surface area (Å²) in [6, 6.07) is 10.5. The van der Waals surface area contributed by atoms with E-state index in [4.69, 9.17) is 9.15 Å². The largest absolute Gasteiger partial charge is 0.408 e. The maximum Gasteiger partial charge on any atom is 0.315 e. The molecule has 0 unspecified atom stereocenters. The first-order valence-corrected chi connectivity index (χ1v) is 6.17. The molecule has 5 nitrogen and oxygen atoms in total. The number of anilines is 1. The molecule has 0 aliphatic heterocycles. The zero-order valence-corrected chi connectivity index (χ0v) is 10.7. The normalized spacial score (nSPS) is 10.3. The fraction of sp³-hybridized carbons (Fsp3) is 0.286. The molecule has 1 heterocycles. The molecule has 0 aliphatic carbocycles. The molecule has 0 amide bonds. The van der Waals surface area contributed by atoms with Gasteiger partial charge < -0.3 is 14.5 Å². The third-order valence-electron chi connectivity index (χ3n) is 2.44. The lowest BCUT2D eigenvalue weighted by Gasteiger charge is -2.02. The number of benzene rings is 1. The minimum absolute atomic E-state index is 0.415. The van der Waals surface area contributed by atoms with Gasteiger partial charge in [-0.2, -0.15) is 0 Å². The van der Waals surface area contributed by atoms with Crippen molar-refractivity contribution in [2.24, 2.45) is 0 Å². The number of aromatic nitrogens is 2. The molecule has 0 saturated heterocycles. The van der Waals surface area contributed by atoms with Crippen molar-refractivity contribution < 1.29 is 9.15 Å². The molecule has 0 fully saturated rings. The fourth-order valence-corrected chi connectivity index (χ4v) is 1.51. The molecule has 1 aromatic heterocycles. The zero-order chi connectivity index (χ0) is 13.3. The predicted molar refractivity (Wildman–Crippen MR) is 72.8 cm³/mol. The zero-order valence-electron chi connectivity index (χ0n) is 10.7. The van der Waals surface area contributed by atoms with Crippen molar-refractivity contribution in [1.82, 2.24) is 10.2 Å². The highest BCUT2D eigenvalue weighted by Crippen LogP contribution is 2.06. The van der Waals surface area contributed by atoms with E-state index in [2.05, 4.69) is 22.1 Å². The molecule has 0 bridgehead atoms. The number of hydrogen-bond acceptors (Lipinski definition) is 5. The third kappa shape index (κ3) is 4.56. The van der Waals surface area contributed by atoms with Gasteiger partial charge in [0, 0.05) is 13.0 Å². The van der Waals surface area contributed by atoms with Crippen molar-refractivity contribution in [2.75, 3.05) is 18.5 Å². The highest BCUT2D eigenvalue weighted by molar-refractivity contribution is 5.18. The Labute approximate surface area is 112 Å². The first-order chi connectivity index (χ1) is 9.38. The van der Waals surface area contributed by atoms with Crippen LogP contribution in [0.1, 0.15) is 11.5 Å². The van der Waals surface area contributed by atoms with Crippen LogP contribution in [0.4, 0.5) is 6.01 Å². The van der Waals surface area contributed by atoms with Crippen molar-refractivity contribution in [1.29, 1.82) is 0 Å². The lowest BCUT2D eigenvalue weighted by molar-refractivity contribution is 0.119. The van der Waals surface area contributed by atoms with Gasteiger partial charge in [-0.05, 0) is 5.56 Å². The summed E-state index contributed by atoms with van der Waals surface area (Å²) in [5, 5.41) is 10.7. The van der Waals surface area contributed by atoms with Crippen molar-refractivity contribution in [3.8, 4) is 0 Å². The number of nitrogens with one attached hydrogen (secondary N) is 1. The van der Waals surface area contributed by atoms with E-state index in [-0.39, 0.29) is 0 Å². The van der Waals surface area contributed by atoms with E-state index < -0.39 is 0 Å². The molecule has 100 valence electrons. The van der Waals surface area contributed by atoms with E-state index in [0.717, 1.165) is 5.56 Å². The van der Waals surface area contributed by atoms with Crippen LogP contribution in [0.3, 0.4) is 0 Å². The van der Waals surface area contributed by atoms with Crippen LogP contribution in [0.25, 0.3) is 0 Å². The Morgan fingerprint density at radius 3 is 2.89 bits per heavy atom. The summed E-state index contributed by atoms with van der Waals surface area (Å²) in [6.45, 7) is 5.35. The van der Waals surface area contributed by atoms with Gasteiger partial charge >= 0.3 is 6.01 Å².